The molecule has 1 aromatic rings. The van der Waals surface area contributed by atoms with E-state index >= 15 is 0 Å². The molecule has 2 aliphatic rings. The summed E-state index contributed by atoms with van der Waals surface area (Å²) in [6, 6.07) is 6.26. The number of hydrogen-bond donors (Lipinski definition) is 1. The normalized spacial score (nSPS) is 28.1. The quantitative estimate of drug-likeness (QED) is 0.825. The maximum absolute atomic E-state index is 13.8. The Hall–Kier alpha value is -1.98. The maximum Gasteiger partial charge on any atom is 0.287 e. The minimum atomic E-state index is -3.07. The summed E-state index contributed by atoms with van der Waals surface area (Å²) in [5.74, 6) is -3.95. The van der Waals surface area contributed by atoms with Crippen molar-refractivity contribution >= 4 is 11.8 Å². The number of amides is 2. The second-order valence-corrected chi connectivity index (χ2v) is 4.88. The van der Waals surface area contributed by atoms with Gasteiger partial charge >= 0.3 is 0 Å². The van der Waals surface area contributed by atoms with Gasteiger partial charge in [-0.05, 0) is 12.1 Å². The lowest BCUT2D eigenvalue weighted by molar-refractivity contribution is -0.121. The van der Waals surface area contributed by atoms with Crippen LogP contribution in [-0.2, 0) is 4.79 Å². The van der Waals surface area contributed by atoms with E-state index in [-0.39, 0.29) is 6.42 Å². The summed E-state index contributed by atoms with van der Waals surface area (Å²) in [6.07, 6.45) is -0.0567. The largest absolute Gasteiger partial charge is 0.345 e. The number of halogens is 2. The Morgan fingerprint density at radius 1 is 1.32 bits per heavy atom. The van der Waals surface area contributed by atoms with Crippen molar-refractivity contribution < 1.29 is 18.4 Å². The van der Waals surface area contributed by atoms with Crippen LogP contribution in [0.3, 0.4) is 0 Å². The maximum atomic E-state index is 13.8. The van der Waals surface area contributed by atoms with Crippen LogP contribution < -0.4 is 5.32 Å². The molecule has 1 N–H and O–H groups in total. The zero-order valence-corrected chi connectivity index (χ0v) is 9.98. The van der Waals surface area contributed by atoms with Gasteiger partial charge in [0, 0.05) is 12.0 Å². The highest BCUT2D eigenvalue weighted by Gasteiger charge is 2.59. The lowest BCUT2D eigenvalue weighted by Crippen LogP contribution is -2.43. The average Bonchev–Trinajstić information content (AvgIpc) is 2.88. The molecule has 2 amide bonds. The van der Waals surface area contributed by atoms with Crippen LogP contribution in [0.25, 0.3) is 0 Å². The Bertz CT molecular complexity index is 533. The topological polar surface area (TPSA) is 49.4 Å². The van der Waals surface area contributed by atoms with Crippen molar-refractivity contribution in [3.05, 3.63) is 35.9 Å². The third-order valence-electron chi connectivity index (χ3n) is 3.61. The molecule has 0 bridgehead atoms. The fraction of sp³-hybridized carbons (Fsp3) is 0.385. The zero-order valence-electron chi connectivity index (χ0n) is 9.98. The summed E-state index contributed by atoms with van der Waals surface area (Å²) in [6.45, 7) is -0.643. The van der Waals surface area contributed by atoms with Gasteiger partial charge in [-0.3, -0.25) is 9.59 Å². The predicted molar refractivity (Wildman–Crippen MR) is 62.8 cm³/mol. The van der Waals surface area contributed by atoms with Crippen LogP contribution in [0.15, 0.2) is 30.3 Å². The molecular weight excluding hydrogens is 254 g/mol. The van der Waals surface area contributed by atoms with Crippen LogP contribution >= 0.6 is 0 Å². The van der Waals surface area contributed by atoms with E-state index in [0.29, 0.717) is 5.56 Å². The van der Waals surface area contributed by atoms with Crippen molar-refractivity contribution in [3.8, 4) is 0 Å². The number of benzene rings is 1. The van der Waals surface area contributed by atoms with E-state index in [1.165, 1.54) is 0 Å². The van der Waals surface area contributed by atoms with Gasteiger partial charge in [-0.2, -0.15) is 0 Å². The van der Waals surface area contributed by atoms with Crippen LogP contribution in [0.2, 0.25) is 0 Å². The standard InChI is InChI=1S/C13H12F2N2O2/c14-13(15)7-17(9-6-10(18)16-11(9)13)12(19)8-4-2-1-3-5-8/h1-5,9,11H,6-7H2,(H,16,18)/t9-,11+/m0/s1. The number of hydrogen-bond acceptors (Lipinski definition) is 2. The Kier molecular flexibility index (Phi) is 2.55. The monoisotopic (exact) mass is 266 g/mol. The van der Waals surface area contributed by atoms with Gasteiger partial charge in [-0.1, -0.05) is 18.2 Å². The molecule has 100 valence electrons. The number of rotatable bonds is 1. The van der Waals surface area contributed by atoms with Gasteiger partial charge in [-0.25, -0.2) is 8.78 Å². The van der Waals surface area contributed by atoms with Gasteiger partial charge in [0.25, 0.3) is 11.8 Å². The number of likely N-dealkylation sites (tertiary alicyclic amines) is 1. The summed E-state index contributed by atoms with van der Waals surface area (Å²) in [7, 11) is 0. The minimum absolute atomic E-state index is 0.0567. The molecule has 0 saturated carbocycles. The van der Waals surface area contributed by atoms with E-state index < -0.39 is 36.4 Å². The predicted octanol–water partition coefficient (Wildman–Crippen LogP) is 1.03. The first-order valence-electron chi connectivity index (χ1n) is 6.02. The molecule has 4 nitrogen and oxygen atoms in total. The van der Waals surface area contributed by atoms with Gasteiger partial charge in [0.05, 0.1) is 12.6 Å². The highest BCUT2D eigenvalue weighted by molar-refractivity contribution is 5.95. The smallest absolute Gasteiger partial charge is 0.287 e. The van der Waals surface area contributed by atoms with Crippen molar-refractivity contribution in [2.75, 3.05) is 6.54 Å². The van der Waals surface area contributed by atoms with Crippen molar-refractivity contribution in [1.82, 2.24) is 10.2 Å². The molecule has 2 saturated heterocycles. The molecule has 3 rings (SSSR count). The van der Waals surface area contributed by atoms with Crippen molar-refractivity contribution in [2.45, 2.75) is 24.4 Å². The van der Waals surface area contributed by atoms with Gasteiger partial charge in [0.1, 0.15) is 6.04 Å². The second kappa shape index (κ2) is 4.01. The first-order chi connectivity index (χ1) is 8.99. The van der Waals surface area contributed by atoms with E-state index in [0.717, 1.165) is 4.90 Å². The summed E-state index contributed by atoms with van der Waals surface area (Å²) < 4.78 is 27.6. The molecule has 2 atom stereocenters. The number of alkyl halides is 2. The summed E-state index contributed by atoms with van der Waals surface area (Å²) >= 11 is 0. The lowest BCUT2D eigenvalue weighted by atomic mass is 10.1. The zero-order chi connectivity index (χ0) is 13.6. The summed E-state index contributed by atoms with van der Waals surface area (Å²) in [4.78, 5) is 24.6. The molecule has 0 unspecified atom stereocenters. The molecule has 1 aromatic carbocycles. The molecule has 2 heterocycles. The van der Waals surface area contributed by atoms with Gasteiger partial charge < -0.3 is 10.2 Å². The van der Waals surface area contributed by atoms with E-state index in [1.54, 1.807) is 30.3 Å². The van der Waals surface area contributed by atoms with E-state index in [2.05, 4.69) is 5.32 Å². The molecule has 19 heavy (non-hydrogen) atoms. The molecule has 6 heteroatoms. The fourth-order valence-corrected chi connectivity index (χ4v) is 2.73. The molecule has 0 aliphatic carbocycles. The van der Waals surface area contributed by atoms with Crippen molar-refractivity contribution in [3.63, 3.8) is 0 Å². The van der Waals surface area contributed by atoms with Crippen LogP contribution in [0, 0.1) is 0 Å². The van der Waals surface area contributed by atoms with Crippen LogP contribution in [0.1, 0.15) is 16.8 Å². The highest BCUT2D eigenvalue weighted by atomic mass is 19.3. The molecule has 0 radical (unpaired) electrons. The van der Waals surface area contributed by atoms with E-state index in [4.69, 9.17) is 0 Å². The molecule has 0 spiro atoms. The Morgan fingerprint density at radius 2 is 2.00 bits per heavy atom. The second-order valence-electron chi connectivity index (χ2n) is 4.88. The first-order valence-corrected chi connectivity index (χ1v) is 6.02. The van der Waals surface area contributed by atoms with Crippen LogP contribution in [0.5, 0.6) is 0 Å². The molecule has 0 aromatic heterocycles. The molecular formula is C13H12F2N2O2. The number of carbonyl (C=O) groups is 2. The van der Waals surface area contributed by atoms with Gasteiger partial charge in [0.15, 0.2) is 0 Å². The van der Waals surface area contributed by atoms with Gasteiger partial charge in [0.2, 0.25) is 5.91 Å². The number of carbonyl (C=O) groups excluding carboxylic acids is 2. The summed E-state index contributed by atoms with van der Waals surface area (Å²) in [5, 5.41) is 2.26. The summed E-state index contributed by atoms with van der Waals surface area (Å²) in [5.41, 5.74) is 0.360. The first kappa shape index (κ1) is 12.1. The number of fused-ring (bicyclic) bond motifs is 1. The van der Waals surface area contributed by atoms with Crippen LogP contribution in [0.4, 0.5) is 8.78 Å². The number of nitrogens with one attached hydrogen (secondary N) is 1. The average molecular weight is 266 g/mol. The minimum Gasteiger partial charge on any atom is -0.345 e. The van der Waals surface area contributed by atoms with Crippen molar-refractivity contribution in [2.24, 2.45) is 0 Å². The Labute approximate surface area is 108 Å². The third-order valence-corrected chi connectivity index (χ3v) is 3.61. The highest BCUT2D eigenvalue weighted by Crippen LogP contribution is 2.37. The Morgan fingerprint density at radius 3 is 2.68 bits per heavy atom. The van der Waals surface area contributed by atoms with E-state index in [1.807, 2.05) is 0 Å². The van der Waals surface area contributed by atoms with Crippen LogP contribution in [-0.4, -0.2) is 41.3 Å². The van der Waals surface area contributed by atoms with Crippen molar-refractivity contribution in [1.29, 1.82) is 0 Å². The van der Waals surface area contributed by atoms with Gasteiger partial charge in [-0.15, -0.1) is 0 Å². The molecule has 2 aliphatic heterocycles. The number of nitrogens with zero attached hydrogens (tertiary/aromatic N) is 1. The SMILES string of the molecule is O=C1C[C@H]2[C@@H](N1)C(F)(F)CN2C(=O)c1ccccc1. The Balaban J connectivity index is 1.90. The lowest BCUT2D eigenvalue weighted by Gasteiger charge is -2.21. The third kappa shape index (κ3) is 1.87. The fourth-order valence-electron chi connectivity index (χ4n) is 2.73. The van der Waals surface area contributed by atoms with E-state index in [9.17, 15) is 18.4 Å². The molecule has 2 fully saturated rings.